The van der Waals surface area contributed by atoms with Gasteiger partial charge in [0.2, 0.25) is 5.43 Å². The number of nitrogens with zero attached hydrogens (tertiary/aromatic N) is 1. The van der Waals surface area contributed by atoms with Crippen molar-refractivity contribution in [1.82, 2.24) is 9.97 Å². The molecule has 6 nitrogen and oxygen atoms in total. The van der Waals surface area contributed by atoms with Gasteiger partial charge in [0.1, 0.15) is 16.1 Å². The number of fused-ring (bicyclic) bond motifs is 1. The Morgan fingerprint density at radius 1 is 1.45 bits per heavy atom. The van der Waals surface area contributed by atoms with Gasteiger partial charge < -0.3 is 15.4 Å². The molecule has 0 radical (unpaired) electrons. The van der Waals surface area contributed by atoms with E-state index in [0.29, 0.717) is 5.13 Å². The summed E-state index contributed by atoms with van der Waals surface area (Å²) < 4.78 is 14.0. The highest BCUT2D eigenvalue weighted by atomic mass is 32.1. The van der Waals surface area contributed by atoms with Crippen LogP contribution >= 0.6 is 11.3 Å². The number of pyridine rings is 1. The zero-order valence-corrected chi connectivity index (χ0v) is 12.1. The molecule has 22 heavy (non-hydrogen) atoms. The van der Waals surface area contributed by atoms with E-state index in [1.807, 2.05) is 0 Å². The lowest BCUT2D eigenvalue weighted by molar-refractivity contribution is 0.0695. The average molecular weight is 319 g/mol. The molecule has 3 aromatic rings. The summed E-state index contributed by atoms with van der Waals surface area (Å²) in [4.78, 5) is 29.7. The number of rotatable bonds is 3. The van der Waals surface area contributed by atoms with E-state index in [1.165, 1.54) is 6.07 Å². The van der Waals surface area contributed by atoms with E-state index in [2.05, 4.69) is 15.3 Å². The molecule has 0 fully saturated rings. The van der Waals surface area contributed by atoms with Crippen LogP contribution in [0.2, 0.25) is 0 Å². The minimum absolute atomic E-state index is 0.176. The summed E-state index contributed by atoms with van der Waals surface area (Å²) in [7, 11) is 0. The Kier molecular flexibility index (Phi) is 3.38. The number of carboxylic acids is 1. The molecule has 0 amide bonds. The fraction of sp³-hybridized carbons (Fsp3) is 0.0714. The third-order valence-corrected chi connectivity index (χ3v) is 4.00. The first kappa shape index (κ1) is 14.2. The molecule has 0 aliphatic rings. The number of aromatic amines is 1. The molecule has 0 saturated heterocycles. The number of nitrogens with one attached hydrogen (secondary N) is 2. The molecular formula is C14H10FN3O3S. The maximum absolute atomic E-state index is 13.8. The SMILES string of the molecule is Cc1ccc(Nc2nc3[nH]cc(C(=O)O)c(=O)c3s2)c(F)c1. The van der Waals surface area contributed by atoms with Crippen molar-refractivity contribution in [3.8, 4) is 0 Å². The molecule has 1 aromatic carbocycles. The molecule has 0 atom stereocenters. The monoisotopic (exact) mass is 319 g/mol. The van der Waals surface area contributed by atoms with Crippen molar-refractivity contribution in [3.63, 3.8) is 0 Å². The number of hydrogen-bond donors (Lipinski definition) is 3. The standard InChI is InChI=1S/C14H10FN3O3S/c1-6-2-3-9(8(15)4-6)17-14-18-12-11(22-14)10(19)7(5-16-12)13(20)21/h2-5H,1H3,(H,20,21)(H2,16,17,18,19). The third kappa shape index (κ3) is 2.44. The normalized spacial score (nSPS) is 10.8. The molecule has 3 rings (SSSR count). The van der Waals surface area contributed by atoms with Gasteiger partial charge >= 0.3 is 5.97 Å². The maximum Gasteiger partial charge on any atom is 0.341 e. The number of H-pyrrole nitrogens is 1. The number of benzene rings is 1. The van der Waals surface area contributed by atoms with Gasteiger partial charge in [-0.15, -0.1) is 0 Å². The van der Waals surface area contributed by atoms with Crippen molar-refractivity contribution in [2.75, 3.05) is 5.32 Å². The summed E-state index contributed by atoms with van der Waals surface area (Å²) in [5, 5.41) is 12.0. The first-order chi connectivity index (χ1) is 10.5. The molecule has 0 aliphatic carbocycles. The topological polar surface area (TPSA) is 95.1 Å². The van der Waals surface area contributed by atoms with Crippen molar-refractivity contribution in [3.05, 3.63) is 51.6 Å². The molecule has 0 aliphatic heterocycles. The molecular weight excluding hydrogens is 309 g/mol. The quantitative estimate of drug-likeness (QED) is 0.690. The van der Waals surface area contributed by atoms with E-state index in [1.54, 1.807) is 19.1 Å². The highest BCUT2D eigenvalue weighted by Gasteiger charge is 2.15. The first-order valence-electron chi connectivity index (χ1n) is 6.24. The number of carbonyl (C=O) groups is 1. The van der Waals surface area contributed by atoms with Crippen molar-refractivity contribution in [2.45, 2.75) is 6.92 Å². The van der Waals surface area contributed by atoms with Gasteiger partial charge in [-0.2, -0.15) is 0 Å². The summed E-state index contributed by atoms with van der Waals surface area (Å²) >= 11 is 0.967. The Labute approximate surface area is 127 Å². The van der Waals surface area contributed by atoms with Crippen LogP contribution in [0, 0.1) is 12.7 Å². The van der Waals surface area contributed by atoms with Crippen molar-refractivity contribution in [1.29, 1.82) is 0 Å². The van der Waals surface area contributed by atoms with Crippen molar-refractivity contribution in [2.24, 2.45) is 0 Å². The number of aryl methyl sites for hydroxylation is 1. The smallest absolute Gasteiger partial charge is 0.341 e. The largest absolute Gasteiger partial charge is 0.477 e. The van der Waals surface area contributed by atoms with Gasteiger partial charge in [-0.3, -0.25) is 4.79 Å². The summed E-state index contributed by atoms with van der Waals surface area (Å²) in [5.41, 5.74) is 0.305. The summed E-state index contributed by atoms with van der Waals surface area (Å²) in [6.45, 7) is 1.77. The molecule has 0 bridgehead atoms. The Bertz CT molecular complexity index is 948. The average Bonchev–Trinajstić information content (AvgIpc) is 2.85. The number of halogens is 1. The van der Waals surface area contributed by atoms with Crippen LogP contribution in [0.3, 0.4) is 0 Å². The molecule has 2 heterocycles. The van der Waals surface area contributed by atoms with Crippen LogP contribution in [0.4, 0.5) is 15.2 Å². The predicted octanol–water partition coefficient (Wildman–Crippen LogP) is 2.87. The Morgan fingerprint density at radius 3 is 2.91 bits per heavy atom. The van der Waals surface area contributed by atoms with Crippen LogP contribution < -0.4 is 10.7 Å². The number of anilines is 2. The number of hydrogen-bond acceptors (Lipinski definition) is 5. The van der Waals surface area contributed by atoms with Gasteiger partial charge in [0.15, 0.2) is 10.8 Å². The van der Waals surface area contributed by atoms with Crippen molar-refractivity contribution >= 4 is 38.5 Å². The molecule has 0 unspecified atom stereocenters. The Morgan fingerprint density at radius 2 is 2.23 bits per heavy atom. The second kappa shape index (κ2) is 5.23. The van der Waals surface area contributed by atoms with E-state index in [0.717, 1.165) is 23.1 Å². The molecule has 3 N–H and O–H groups in total. The molecule has 0 spiro atoms. The van der Waals surface area contributed by atoms with Gasteiger partial charge in [0.05, 0.1) is 5.69 Å². The van der Waals surface area contributed by atoms with Gasteiger partial charge in [0, 0.05) is 6.20 Å². The van der Waals surface area contributed by atoms with Crippen LogP contribution in [0.25, 0.3) is 10.3 Å². The maximum atomic E-state index is 13.8. The van der Waals surface area contributed by atoms with E-state index in [4.69, 9.17) is 5.11 Å². The second-order valence-corrected chi connectivity index (χ2v) is 5.64. The van der Waals surface area contributed by atoms with Gasteiger partial charge in [-0.1, -0.05) is 17.4 Å². The van der Waals surface area contributed by atoms with Crippen molar-refractivity contribution < 1.29 is 14.3 Å². The van der Waals surface area contributed by atoms with Crippen LogP contribution in [0.1, 0.15) is 15.9 Å². The lowest BCUT2D eigenvalue weighted by Gasteiger charge is -2.04. The van der Waals surface area contributed by atoms with Crippen LogP contribution in [0.5, 0.6) is 0 Å². The number of aromatic nitrogens is 2. The van der Waals surface area contributed by atoms with Crippen LogP contribution in [-0.4, -0.2) is 21.0 Å². The summed E-state index contributed by atoms with van der Waals surface area (Å²) in [5.74, 6) is -1.74. The lowest BCUT2D eigenvalue weighted by atomic mass is 10.2. The van der Waals surface area contributed by atoms with Gasteiger partial charge in [-0.05, 0) is 24.6 Å². The molecule has 0 saturated carbocycles. The highest BCUT2D eigenvalue weighted by molar-refractivity contribution is 7.22. The zero-order valence-electron chi connectivity index (χ0n) is 11.3. The van der Waals surface area contributed by atoms with E-state index in [9.17, 15) is 14.0 Å². The molecule has 2 aromatic heterocycles. The predicted molar refractivity (Wildman–Crippen MR) is 81.6 cm³/mol. The Hall–Kier alpha value is -2.74. The van der Waals surface area contributed by atoms with E-state index >= 15 is 0 Å². The molecule has 112 valence electrons. The van der Waals surface area contributed by atoms with Crippen LogP contribution in [0.15, 0.2) is 29.2 Å². The van der Waals surface area contributed by atoms with Gasteiger partial charge in [-0.25, -0.2) is 14.2 Å². The second-order valence-electron chi connectivity index (χ2n) is 4.64. The highest BCUT2D eigenvalue weighted by Crippen LogP contribution is 2.27. The minimum Gasteiger partial charge on any atom is -0.477 e. The fourth-order valence-corrected chi connectivity index (χ4v) is 2.84. The summed E-state index contributed by atoms with van der Waals surface area (Å²) in [6.07, 6.45) is 1.10. The number of thiazole rings is 1. The summed E-state index contributed by atoms with van der Waals surface area (Å²) in [6, 6.07) is 4.69. The van der Waals surface area contributed by atoms with Crippen LogP contribution in [-0.2, 0) is 0 Å². The van der Waals surface area contributed by atoms with Gasteiger partial charge in [0.25, 0.3) is 0 Å². The fourth-order valence-electron chi connectivity index (χ4n) is 1.95. The zero-order chi connectivity index (χ0) is 15.9. The third-order valence-electron chi connectivity index (χ3n) is 3.03. The number of aromatic carboxylic acids is 1. The minimum atomic E-state index is -1.31. The number of carboxylic acid groups (broad SMARTS) is 1. The van der Waals surface area contributed by atoms with E-state index in [-0.39, 0.29) is 21.6 Å². The molecule has 8 heteroatoms. The Balaban J connectivity index is 2.04. The first-order valence-corrected chi connectivity index (χ1v) is 7.06. The lowest BCUT2D eigenvalue weighted by Crippen LogP contribution is -2.14. The van der Waals surface area contributed by atoms with E-state index < -0.39 is 17.2 Å².